The van der Waals surface area contributed by atoms with E-state index in [1.807, 2.05) is 0 Å². The number of ketones is 1. The summed E-state index contributed by atoms with van der Waals surface area (Å²) in [6.07, 6.45) is 1.55. The minimum Gasteiger partial charge on any atom is -0.507 e. The lowest BCUT2D eigenvalue weighted by Gasteiger charge is -2.25. The summed E-state index contributed by atoms with van der Waals surface area (Å²) >= 11 is 12.4. The number of anilines is 1. The number of ether oxygens (including phenoxy) is 1. The van der Waals surface area contributed by atoms with Crippen molar-refractivity contribution in [2.24, 2.45) is 0 Å². The molecule has 3 aromatic rings. The number of methoxy groups -OCH3 is 1. The molecule has 0 aliphatic carbocycles. The second-order valence-electron chi connectivity index (χ2n) is 7.23. The molecular weight excluding hydrogens is 451 g/mol. The number of rotatable bonds is 4. The number of aliphatic hydroxyl groups excluding tert-OH is 1. The summed E-state index contributed by atoms with van der Waals surface area (Å²) in [6, 6.07) is 14.1. The first-order valence-corrected chi connectivity index (χ1v) is 10.4. The van der Waals surface area contributed by atoms with Gasteiger partial charge in [-0.25, -0.2) is 0 Å². The van der Waals surface area contributed by atoms with Gasteiger partial charge < -0.3 is 9.84 Å². The van der Waals surface area contributed by atoms with Gasteiger partial charge in [0.1, 0.15) is 17.6 Å². The van der Waals surface area contributed by atoms with Crippen LogP contribution in [0.1, 0.15) is 22.9 Å². The predicted molar refractivity (Wildman–Crippen MR) is 123 cm³/mol. The highest BCUT2D eigenvalue weighted by Gasteiger charge is 2.48. The first-order valence-electron chi connectivity index (χ1n) is 9.65. The third kappa shape index (κ3) is 3.72. The summed E-state index contributed by atoms with van der Waals surface area (Å²) in [4.78, 5) is 32.0. The molecule has 0 bridgehead atoms. The fourth-order valence-corrected chi connectivity index (χ4v) is 4.34. The maximum atomic E-state index is 13.2. The van der Waals surface area contributed by atoms with Crippen LogP contribution in [0.15, 0.2) is 66.4 Å². The number of nitrogens with zero attached hydrogens (tertiary/aromatic N) is 2. The highest BCUT2D eigenvalue weighted by Crippen LogP contribution is 2.44. The molecule has 1 aliphatic rings. The highest BCUT2D eigenvalue weighted by atomic mass is 35.5. The lowest BCUT2D eigenvalue weighted by atomic mass is 9.97. The van der Waals surface area contributed by atoms with Gasteiger partial charge in [0.2, 0.25) is 0 Å². The van der Waals surface area contributed by atoms with E-state index in [9.17, 15) is 14.7 Å². The predicted octanol–water partition coefficient (Wildman–Crippen LogP) is 5.33. The Kier molecular flexibility index (Phi) is 5.91. The third-order valence-corrected chi connectivity index (χ3v) is 5.66. The van der Waals surface area contributed by atoms with Crippen molar-refractivity contribution in [2.45, 2.75) is 13.0 Å². The van der Waals surface area contributed by atoms with Gasteiger partial charge in [-0.2, -0.15) is 0 Å². The molecule has 0 radical (unpaired) electrons. The Hall–Kier alpha value is -3.35. The quantitative estimate of drug-likeness (QED) is 0.317. The van der Waals surface area contributed by atoms with Crippen molar-refractivity contribution in [3.05, 3.63) is 93.2 Å². The number of pyridine rings is 1. The van der Waals surface area contributed by atoms with Gasteiger partial charge in [0, 0.05) is 16.9 Å². The van der Waals surface area contributed by atoms with Crippen LogP contribution in [0.4, 0.5) is 5.69 Å². The number of hydrogen-bond acceptors (Lipinski definition) is 5. The largest absolute Gasteiger partial charge is 0.507 e. The number of benzene rings is 2. The van der Waals surface area contributed by atoms with E-state index in [-0.39, 0.29) is 21.9 Å². The van der Waals surface area contributed by atoms with Crippen LogP contribution in [0.3, 0.4) is 0 Å². The fourth-order valence-electron chi connectivity index (χ4n) is 3.80. The molecule has 1 aromatic heterocycles. The van der Waals surface area contributed by atoms with E-state index >= 15 is 0 Å². The minimum atomic E-state index is -0.973. The molecular formula is C24H18Cl2N2O4. The monoisotopic (exact) mass is 468 g/mol. The molecule has 1 atom stereocenters. The Morgan fingerprint density at radius 1 is 1.09 bits per heavy atom. The first-order chi connectivity index (χ1) is 15.3. The van der Waals surface area contributed by atoms with Crippen molar-refractivity contribution < 1.29 is 19.4 Å². The average Bonchev–Trinajstić information content (AvgIpc) is 3.04. The summed E-state index contributed by atoms with van der Waals surface area (Å²) in [6.45, 7) is 1.79. The highest BCUT2D eigenvalue weighted by molar-refractivity contribution is 6.52. The number of hydrogen-bond donors (Lipinski definition) is 1. The second-order valence-corrected chi connectivity index (χ2v) is 8.07. The Morgan fingerprint density at radius 2 is 1.88 bits per heavy atom. The van der Waals surface area contributed by atoms with Gasteiger partial charge in [0.25, 0.3) is 11.7 Å². The maximum absolute atomic E-state index is 13.2. The molecule has 0 saturated carbocycles. The zero-order valence-corrected chi connectivity index (χ0v) is 18.7. The Bertz CT molecular complexity index is 1260. The molecule has 4 rings (SSSR count). The van der Waals surface area contributed by atoms with Crippen molar-refractivity contribution in [3.8, 4) is 5.75 Å². The van der Waals surface area contributed by atoms with E-state index in [0.717, 1.165) is 5.56 Å². The van der Waals surface area contributed by atoms with E-state index in [1.165, 1.54) is 12.0 Å². The standard InChI is InChI=1S/C24H18Cl2N2O4/c1-13-10-16(23(32-2)17(26)11-13)21(29)19-20(18-8-3-4-9-27-18)28(24(31)22(19)30)15-7-5-6-14(25)12-15/h3-12,20,29H,1-2H3/b21-19+. The number of aliphatic hydroxyl groups is 1. The molecule has 2 heterocycles. The molecule has 2 aromatic carbocycles. The molecule has 32 heavy (non-hydrogen) atoms. The zero-order chi connectivity index (χ0) is 23.0. The van der Waals surface area contributed by atoms with Gasteiger partial charge in [-0.1, -0.05) is 35.3 Å². The van der Waals surface area contributed by atoms with Crippen LogP contribution >= 0.6 is 23.2 Å². The van der Waals surface area contributed by atoms with E-state index in [0.29, 0.717) is 16.4 Å². The number of Topliss-reactive ketones (excluding diaryl/α,β-unsaturated/α-hetero) is 1. The Labute approximate surface area is 194 Å². The average molecular weight is 469 g/mol. The van der Waals surface area contributed by atoms with Crippen LogP contribution in [-0.2, 0) is 9.59 Å². The molecule has 162 valence electrons. The van der Waals surface area contributed by atoms with E-state index in [4.69, 9.17) is 27.9 Å². The molecule has 1 amide bonds. The summed E-state index contributed by atoms with van der Waals surface area (Å²) in [5.41, 5.74) is 1.65. The molecule has 1 N–H and O–H groups in total. The smallest absolute Gasteiger partial charge is 0.300 e. The summed E-state index contributed by atoms with van der Waals surface area (Å²) in [5.74, 6) is -1.85. The molecule has 8 heteroatoms. The minimum absolute atomic E-state index is 0.117. The number of aryl methyl sites for hydroxylation is 1. The van der Waals surface area contributed by atoms with Crippen molar-refractivity contribution in [2.75, 3.05) is 12.0 Å². The van der Waals surface area contributed by atoms with Crippen LogP contribution in [0.2, 0.25) is 10.0 Å². The normalized spacial score (nSPS) is 17.6. The Morgan fingerprint density at radius 3 is 2.53 bits per heavy atom. The molecule has 0 spiro atoms. The number of amides is 1. The van der Waals surface area contributed by atoms with Gasteiger partial charge in [0.05, 0.1) is 29.0 Å². The summed E-state index contributed by atoms with van der Waals surface area (Å²) in [5, 5.41) is 12.0. The van der Waals surface area contributed by atoms with E-state index < -0.39 is 23.5 Å². The zero-order valence-electron chi connectivity index (χ0n) is 17.2. The van der Waals surface area contributed by atoms with Gasteiger partial charge >= 0.3 is 0 Å². The van der Waals surface area contributed by atoms with Crippen LogP contribution in [0.5, 0.6) is 5.75 Å². The summed E-state index contributed by atoms with van der Waals surface area (Å²) < 4.78 is 5.37. The molecule has 6 nitrogen and oxygen atoms in total. The number of halogens is 2. The van der Waals surface area contributed by atoms with Crippen molar-refractivity contribution in [3.63, 3.8) is 0 Å². The fraction of sp³-hybridized carbons (Fsp3) is 0.125. The summed E-state index contributed by atoms with van der Waals surface area (Å²) in [7, 11) is 1.41. The van der Waals surface area contributed by atoms with Gasteiger partial charge in [-0.05, 0) is 55.0 Å². The van der Waals surface area contributed by atoms with Crippen LogP contribution in [0.25, 0.3) is 5.76 Å². The van der Waals surface area contributed by atoms with Crippen molar-refractivity contribution >= 4 is 46.3 Å². The van der Waals surface area contributed by atoms with Crippen LogP contribution in [0, 0.1) is 6.92 Å². The van der Waals surface area contributed by atoms with Crippen LogP contribution < -0.4 is 9.64 Å². The lowest BCUT2D eigenvalue weighted by molar-refractivity contribution is -0.132. The molecule has 1 aliphatic heterocycles. The number of carbonyl (C=O) groups excluding carboxylic acids is 2. The van der Waals surface area contributed by atoms with Crippen LogP contribution in [-0.4, -0.2) is 28.9 Å². The van der Waals surface area contributed by atoms with Gasteiger partial charge in [-0.3, -0.25) is 19.5 Å². The van der Waals surface area contributed by atoms with E-state index in [1.54, 1.807) is 67.7 Å². The van der Waals surface area contributed by atoms with Crippen molar-refractivity contribution in [1.82, 2.24) is 4.98 Å². The van der Waals surface area contributed by atoms with E-state index in [2.05, 4.69) is 4.98 Å². The topological polar surface area (TPSA) is 79.7 Å². The van der Waals surface area contributed by atoms with Gasteiger partial charge in [0.15, 0.2) is 0 Å². The van der Waals surface area contributed by atoms with Gasteiger partial charge in [-0.15, -0.1) is 0 Å². The second kappa shape index (κ2) is 8.65. The lowest BCUT2D eigenvalue weighted by Crippen LogP contribution is -2.29. The molecule has 1 saturated heterocycles. The Balaban J connectivity index is 2.01. The molecule has 1 fully saturated rings. The maximum Gasteiger partial charge on any atom is 0.300 e. The third-order valence-electron chi connectivity index (χ3n) is 5.15. The first kappa shape index (κ1) is 21.9. The number of carbonyl (C=O) groups is 2. The number of aromatic nitrogens is 1. The SMILES string of the molecule is COc1c(Cl)cc(C)cc1/C(O)=C1\C(=O)C(=O)N(c2cccc(Cl)c2)C1c1ccccn1. The molecule has 1 unspecified atom stereocenters. The van der Waals surface area contributed by atoms with Crippen molar-refractivity contribution in [1.29, 1.82) is 0 Å².